The fourth-order valence-corrected chi connectivity index (χ4v) is 7.52. The van der Waals surface area contributed by atoms with E-state index in [4.69, 9.17) is 0 Å². The van der Waals surface area contributed by atoms with E-state index >= 15 is 4.32 Å². The molecule has 6 aromatic rings. The molecule has 0 saturated heterocycles. The second kappa shape index (κ2) is 13.3. The largest absolute Gasteiger partial charge is 0.498 e. The van der Waals surface area contributed by atoms with E-state index in [9.17, 15) is 0 Å². The summed E-state index contributed by atoms with van der Waals surface area (Å²) in [4.78, 5) is 2.26. The average Bonchev–Trinajstić information content (AvgIpc) is 3.05. The van der Waals surface area contributed by atoms with Crippen molar-refractivity contribution in [2.45, 2.75) is 41.5 Å². The van der Waals surface area contributed by atoms with Gasteiger partial charge in [0.15, 0.2) is 0 Å². The maximum absolute atomic E-state index is 18.3. The minimum Gasteiger partial charge on any atom is -0.498 e. The quantitative estimate of drug-likeness (QED) is 0.122. The van der Waals surface area contributed by atoms with Gasteiger partial charge in [-0.1, -0.05) is 143 Å². The molecule has 0 bridgehead atoms. The normalized spacial score (nSPS) is 11.6. The number of hydrogen-bond acceptors (Lipinski definition) is 1. The summed E-state index contributed by atoms with van der Waals surface area (Å²) in [5.41, 5.74) is 14.0. The van der Waals surface area contributed by atoms with Crippen molar-refractivity contribution in [2.24, 2.45) is 0 Å². The predicted molar refractivity (Wildman–Crippen MR) is 204 cm³/mol. The van der Waals surface area contributed by atoms with Crippen LogP contribution < -0.4 is 21.3 Å². The van der Waals surface area contributed by atoms with Crippen LogP contribution in [-0.4, -0.2) is 6.42 Å². The summed E-state index contributed by atoms with van der Waals surface area (Å²) >= 11 is 0. The number of rotatable bonds is 8. The van der Waals surface area contributed by atoms with Gasteiger partial charge in [-0.2, -0.15) is 16.4 Å². The Morgan fingerprint density at radius 1 is 0.447 bits per heavy atom. The molecule has 0 spiro atoms. The number of halogens is 1. The number of benzene rings is 6. The van der Waals surface area contributed by atoms with Crippen molar-refractivity contribution in [2.75, 3.05) is 4.90 Å². The Labute approximate surface area is 280 Å². The van der Waals surface area contributed by atoms with Gasteiger partial charge in [0.05, 0.1) is 0 Å². The number of para-hydroxylation sites is 2. The van der Waals surface area contributed by atoms with Gasteiger partial charge < -0.3 is 9.22 Å². The maximum atomic E-state index is 18.3. The van der Waals surface area contributed by atoms with Gasteiger partial charge in [-0.3, -0.25) is 0 Å². The topological polar surface area (TPSA) is 3.24 Å². The smallest absolute Gasteiger partial charge is 0.235 e. The first-order valence-corrected chi connectivity index (χ1v) is 16.4. The van der Waals surface area contributed by atoms with E-state index in [1.54, 1.807) is 0 Å². The molecule has 1 nitrogen and oxygen atoms in total. The molecule has 47 heavy (non-hydrogen) atoms. The fraction of sp³-hybridized carbons (Fsp3) is 0.136. The van der Waals surface area contributed by atoms with Gasteiger partial charge in [0, 0.05) is 17.1 Å². The highest BCUT2D eigenvalue weighted by Gasteiger charge is 2.35. The Kier molecular flexibility index (Phi) is 9.00. The van der Waals surface area contributed by atoms with Gasteiger partial charge in [0.25, 0.3) is 0 Å². The molecular weight excluding hydrogens is 572 g/mol. The van der Waals surface area contributed by atoms with Crippen molar-refractivity contribution in [1.29, 1.82) is 0 Å². The maximum Gasteiger partial charge on any atom is 0.235 e. The van der Waals surface area contributed by atoms with Crippen LogP contribution in [0, 0.1) is 41.5 Å². The summed E-state index contributed by atoms with van der Waals surface area (Å²) in [5.74, 6) is 0. The lowest BCUT2D eigenvalue weighted by Crippen LogP contribution is -2.66. The van der Waals surface area contributed by atoms with E-state index in [1.807, 2.05) is 64.1 Å². The molecule has 0 aromatic heterocycles. The van der Waals surface area contributed by atoms with E-state index in [2.05, 4.69) is 128 Å². The molecule has 0 radical (unpaired) electrons. The Morgan fingerprint density at radius 3 is 1.17 bits per heavy atom. The SMILES string of the molecule is Cc1cc(C)c([B-](F)(c2ccc(/C=C/c3ccc(N(c4ccccc4)c4ccccc4)cc3)cc2)c2c(C)cc(C)cc2C)c(C)c1. The highest BCUT2D eigenvalue weighted by Crippen LogP contribution is 2.34. The molecule has 234 valence electrons. The molecule has 0 aliphatic carbocycles. The molecule has 3 heteroatoms. The number of nitrogens with zero attached hydrogens (tertiary/aromatic N) is 1. The lowest BCUT2D eigenvalue weighted by molar-refractivity contribution is 0.839. The van der Waals surface area contributed by atoms with E-state index < -0.39 is 6.42 Å². The van der Waals surface area contributed by atoms with Gasteiger partial charge in [0.1, 0.15) is 0 Å². The molecule has 0 fully saturated rings. The lowest BCUT2D eigenvalue weighted by Gasteiger charge is -2.41. The molecule has 6 aromatic carbocycles. The monoisotopic (exact) mass is 614 g/mol. The van der Waals surface area contributed by atoms with E-state index in [1.165, 1.54) is 0 Å². The van der Waals surface area contributed by atoms with Crippen LogP contribution in [-0.2, 0) is 0 Å². The first kappa shape index (κ1) is 31.8. The summed E-state index contributed by atoms with van der Waals surface area (Å²) in [7, 11) is 0. The number of anilines is 3. The third kappa shape index (κ3) is 6.44. The van der Waals surface area contributed by atoms with Crippen LogP contribution in [0.1, 0.15) is 44.5 Å². The van der Waals surface area contributed by atoms with Gasteiger partial charge in [-0.05, 0) is 89.1 Å². The third-order valence-corrected chi connectivity index (χ3v) is 9.32. The lowest BCUT2D eigenvalue weighted by atomic mass is 9.29. The zero-order valence-corrected chi connectivity index (χ0v) is 28.3. The number of aryl methyl sites for hydroxylation is 6. The van der Waals surface area contributed by atoms with Crippen molar-refractivity contribution in [1.82, 2.24) is 0 Å². The minimum atomic E-state index is -2.70. The summed E-state index contributed by atoms with van der Waals surface area (Å²) in [6, 6.07) is 45.9. The second-order valence-corrected chi connectivity index (χ2v) is 13.0. The van der Waals surface area contributed by atoms with Crippen molar-refractivity contribution < 1.29 is 4.32 Å². The van der Waals surface area contributed by atoms with Crippen molar-refractivity contribution in [3.63, 3.8) is 0 Å². The van der Waals surface area contributed by atoms with Crippen molar-refractivity contribution in [3.8, 4) is 0 Å². The van der Waals surface area contributed by atoms with Gasteiger partial charge in [-0.15, -0.1) is 0 Å². The molecular formula is C44H42BFN-. The first-order valence-electron chi connectivity index (χ1n) is 16.4. The van der Waals surface area contributed by atoms with Gasteiger partial charge >= 0.3 is 0 Å². The Morgan fingerprint density at radius 2 is 0.787 bits per heavy atom. The Bertz CT molecular complexity index is 1890. The van der Waals surface area contributed by atoms with Crippen molar-refractivity contribution in [3.05, 3.63) is 178 Å². The summed E-state index contributed by atoms with van der Waals surface area (Å²) in [6.45, 7) is 12.3. The van der Waals surface area contributed by atoms with Crippen LogP contribution in [0.4, 0.5) is 21.4 Å². The molecule has 0 unspecified atom stereocenters. The van der Waals surface area contributed by atoms with Crippen LogP contribution in [0.2, 0.25) is 0 Å². The van der Waals surface area contributed by atoms with E-state index in [0.29, 0.717) is 5.46 Å². The molecule has 0 aliphatic rings. The van der Waals surface area contributed by atoms with Crippen molar-refractivity contribution >= 4 is 52.0 Å². The third-order valence-electron chi connectivity index (χ3n) is 9.32. The molecule has 0 aliphatic heterocycles. The number of hydrogen-bond donors (Lipinski definition) is 0. The predicted octanol–water partition coefficient (Wildman–Crippen LogP) is 10.1. The highest BCUT2D eigenvalue weighted by atomic mass is 19.1. The zero-order chi connectivity index (χ0) is 33.1. The van der Waals surface area contributed by atoms with Crippen LogP contribution in [0.5, 0.6) is 0 Å². The standard InChI is InChI=1S/C44H42BFN/c1-31-27-33(3)43(34(4)28-31)45(46,44-35(5)29-32(2)30-36(44)6)39-23-19-37(20-24-39)17-18-38-21-25-42(26-22-38)47(40-13-9-7-10-14-40)41-15-11-8-12-16-41/h7-30H,1-6H3/q-1/b18-17+. The zero-order valence-electron chi connectivity index (χ0n) is 28.3. The first-order chi connectivity index (χ1) is 22.6. The minimum absolute atomic E-state index is 0.707. The molecule has 6 rings (SSSR count). The average molecular weight is 615 g/mol. The van der Waals surface area contributed by atoms with Crippen LogP contribution in [0.15, 0.2) is 133 Å². The van der Waals surface area contributed by atoms with Crippen LogP contribution >= 0.6 is 0 Å². The molecule has 0 heterocycles. The molecule has 0 atom stereocenters. The summed E-state index contributed by atoms with van der Waals surface area (Å²) < 4.78 is 18.3. The van der Waals surface area contributed by atoms with Gasteiger partial charge in [-0.25, -0.2) is 0 Å². The summed E-state index contributed by atoms with van der Waals surface area (Å²) in [5, 5.41) is 0. The molecule has 0 saturated carbocycles. The highest BCUT2D eigenvalue weighted by molar-refractivity contribution is 7.07. The Hall–Kier alpha value is -5.15. The summed E-state index contributed by atoms with van der Waals surface area (Å²) in [6.07, 6.45) is 1.52. The van der Waals surface area contributed by atoms with Crippen LogP contribution in [0.25, 0.3) is 12.2 Å². The molecule has 0 N–H and O–H groups in total. The molecule has 0 amide bonds. The van der Waals surface area contributed by atoms with E-state index in [0.717, 1.165) is 72.5 Å². The van der Waals surface area contributed by atoms with Gasteiger partial charge in [0.2, 0.25) is 6.42 Å². The second-order valence-electron chi connectivity index (χ2n) is 13.0. The Balaban J connectivity index is 1.32. The fourth-order valence-electron chi connectivity index (χ4n) is 7.52. The van der Waals surface area contributed by atoms with Crippen LogP contribution in [0.3, 0.4) is 0 Å². The van der Waals surface area contributed by atoms with E-state index in [-0.39, 0.29) is 0 Å².